The Morgan fingerprint density at radius 2 is 1.87 bits per heavy atom. The molecule has 0 bridgehead atoms. The van der Waals surface area contributed by atoms with E-state index in [1.54, 1.807) is 36.9 Å². The molecule has 0 aliphatic heterocycles. The summed E-state index contributed by atoms with van der Waals surface area (Å²) >= 11 is 7.54. The van der Waals surface area contributed by atoms with Crippen LogP contribution in [0.5, 0.6) is 0 Å². The average Bonchev–Trinajstić information content (AvgIpc) is 2.75. The normalized spacial score (nSPS) is 11.7. The number of nitrogens with zero attached hydrogens (tertiary/aromatic N) is 1. The van der Waals surface area contributed by atoms with Gasteiger partial charge in [0.15, 0.2) is 0 Å². The van der Waals surface area contributed by atoms with Gasteiger partial charge in [0, 0.05) is 35.0 Å². The maximum atomic E-state index is 14.2. The molecular formula is C23H28ClFN2O2S. The van der Waals surface area contributed by atoms with Gasteiger partial charge in [-0.05, 0) is 55.9 Å². The van der Waals surface area contributed by atoms with Crippen LogP contribution >= 0.6 is 23.4 Å². The van der Waals surface area contributed by atoms with Gasteiger partial charge >= 0.3 is 0 Å². The molecule has 2 aromatic rings. The zero-order valence-electron chi connectivity index (χ0n) is 17.4. The van der Waals surface area contributed by atoms with E-state index in [1.807, 2.05) is 31.2 Å². The summed E-state index contributed by atoms with van der Waals surface area (Å²) in [5.74, 6) is -0.00178. The molecular weight excluding hydrogens is 423 g/mol. The van der Waals surface area contributed by atoms with Gasteiger partial charge < -0.3 is 10.2 Å². The molecule has 0 aromatic heterocycles. The molecule has 0 aliphatic rings. The van der Waals surface area contributed by atoms with Gasteiger partial charge in [0.1, 0.15) is 11.9 Å². The molecule has 0 aliphatic carbocycles. The number of carbonyl (C=O) groups is 2. The van der Waals surface area contributed by atoms with Crippen LogP contribution in [0.2, 0.25) is 5.02 Å². The first-order valence-electron chi connectivity index (χ1n) is 10.1. The minimum Gasteiger partial charge on any atom is -0.354 e. The number of amides is 2. The quantitative estimate of drug-likeness (QED) is 0.373. The van der Waals surface area contributed by atoms with E-state index in [0.29, 0.717) is 30.0 Å². The first-order valence-corrected chi connectivity index (χ1v) is 11.5. The molecule has 0 heterocycles. The molecule has 2 aromatic carbocycles. The summed E-state index contributed by atoms with van der Waals surface area (Å²) in [6.07, 6.45) is 1.76. The number of thioether (sulfide) groups is 1. The van der Waals surface area contributed by atoms with Gasteiger partial charge in [-0.3, -0.25) is 9.59 Å². The summed E-state index contributed by atoms with van der Waals surface area (Å²) < 4.78 is 14.2. The zero-order chi connectivity index (χ0) is 21.9. The summed E-state index contributed by atoms with van der Waals surface area (Å²) in [6, 6.07) is 13.2. The Kier molecular flexibility index (Phi) is 10.2. The molecule has 0 saturated carbocycles. The molecule has 7 heteroatoms. The Hall–Kier alpha value is -2.05. The van der Waals surface area contributed by atoms with E-state index >= 15 is 0 Å². The van der Waals surface area contributed by atoms with E-state index in [-0.39, 0.29) is 24.2 Å². The van der Waals surface area contributed by atoms with Crippen LogP contribution < -0.4 is 5.32 Å². The second-order valence-corrected chi connectivity index (χ2v) is 8.59. The lowest BCUT2D eigenvalue weighted by molar-refractivity contribution is -0.140. The van der Waals surface area contributed by atoms with Crippen LogP contribution in [0, 0.1) is 5.82 Å². The van der Waals surface area contributed by atoms with Crippen molar-refractivity contribution in [2.75, 3.05) is 12.3 Å². The van der Waals surface area contributed by atoms with Crippen LogP contribution in [-0.2, 0) is 16.1 Å². The lowest BCUT2D eigenvalue weighted by atomic mass is 10.1. The van der Waals surface area contributed by atoms with Gasteiger partial charge in [-0.1, -0.05) is 36.7 Å². The van der Waals surface area contributed by atoms with Crippen LogP contribution in [0.4, 0.5) is 4.39 Å². The Bertz CT molecular complexity index is 832. The third-order valence-electron chi connectivity index (χ3n) is 4.63. The maximum Gasteiger partial charge on any atom is 0.242 e. The van der Waals surface area contributed by atoms with Crippen molar-refractivity contribution in [1.29, 1.82) is 0 Å². The highest BCUT2D eigenvalue weighted by atomic mass is 35.5. The number of halogens is 2. The fourth-order valence-electron chi connectivity index (χ4n) is 2.88. The lowest BCUT2D eigenvalue weighted by Crippen LogP contribution is -2.47. The standard InChI is InChI=1S/C23H28ClFN2O2S/c1-3-14-26-23(29)17(2)27(16-18-7-4-5-8-21(18)25)22(28)9-6-15-30-20-12-10-19(24)11-13-20/h4-5,7-8,10-13,17H,3,6,9,14-16H2,1-2H3,(H,26,29)/t17-/m0/s1. The molecule has 1 N–H and O–H groups in total. The molecule has 0 radical (unpaired) electrons. The number of carbonyl (C=O) groups excluding carboxylic acids is 2. The fourth-order valence-corrected chi connectivity index (χ4v) is 3.86. The number of nitrogens with one attached hydrogen (secondary N) is 1. The Morgan fingerprint density at radius 3 is 2.53 bits per heavy atom. The van der Waals surface area contributed by atoms with Gasteiger partial charge in [-0.2, -0.15) is 0 Å². The minimum absolute atomic E-state index is 0.0660. The predicted molar refractivity (Wildman–Crippen MR) is 121 cm³/mol. The lowest BCUT2D eigenvalue weighted by Gasteiger charge is -2.29. The van der Waals surface area contributed by atoms with Crippen molar-refractivity contribution in [2.24, 2.45) is 0 Å². The monoisotopic (exact) mass is 450 g/mol. The van der Waals surface area contributed by atoms with Gasteiger partial charge in [-0.15, -0.1) is 11.8 Å². The minimum atomic E-state index is -0.674. The van der Waals surface area contributed by atoms with Gasteiger partial charge in [-0.25, -0.2) is 4.39 Å². The Labute approximate surface area is 187 Å². The third-order valence-corrected chi connectivity index (χ3v) is 5.98. The summed E-state index contributed by atoms with van der Waals surface area (Å²) in [5.41, 5.74) is 0.400. The molecule has 30 heavy (non-hydrogen) atoms. The molecule has 162 valence electrons. The van der Waals surface area contributed by atoms with Crippen LogP contribution in [0.1, 0.15) is 38.7 Å². The molecule has 0 spiro atoms. The molecule has 1 atom stereocenters. The van der Waals surface area contributed by atoms with Crippen molar-refractivity contribution in [2.45, 2.75) is 50.6 Å². The van der Waals surface area contributed by atoms with Crippen LogP contribution in [-0.4, -0.2) is 35.1 Å². The summed E-state index contributed by atoms with van der Waals surface area (Å²) in [7, 11) is 0. The first kappa shape index (κ1) is 24.2. The SMILES string of the molecule is CCCNC(=O)[C@H](C)N(Cc1ccccc1F)C(=O)CCCSc1ccc(Cl)cc1. The highest BCUT2D eigenvalue weighted by Gasteiger charge is 2.26. The highest BCUT2D eigenvalue weighted by molar-refractivity contribution is 7.99. The topological polar surface area (TPSA) is 49.4 Å². The molecule has 2 rings (SSSR count). The van der Waals surface area contributed by atoms with Crippen molar-refractivity contribution < 1.29 is 14.0 Å². The number of hydrogen-bond acceptors (Lipinski definition) is 3. The largest absolute Gasteiger partial charge is 0.354 e. The molecule has 0 saturated heterocycles. The van der Waals surface area contributed by atoms with E-state index in [2.05, 4.69) is 5.32 Å². The Balaban J connectivity index is 1.98. The number of rotatable bonds is 11. The number of benzene rings is 2. The predicted octanol–water partition coefficient (Wildman–Crippen LogP) is 5.29. The van der Waals surface area contributed by atoms with E-state index < -0.39 is 6.04 Å². The molecule has 2 amide bonds. The van der Waals surface area contributed by atoms with Crippen molar-refractivity contribution >= 4 is 35.2 Å². The van der Waals surface area contributed by atoms with Crippen molar-refractivity contribution in [3.63, 3.8) is 0 Å². The second kappa shape index (κ2) is 12.6. The summed E-state index contributed by atoms with van der Waals surface area (Å²) in [5, 5.41) is 3.51. The summed E-state index contributed by atoms with van der Waals surface area (Å²) in [6.45, 7) is 4.26. The summed E-state index contributed by atoms with van der Waals surface area (Å²) in [4.78, 5) is 27.9. The molecule has 4 nitrogen and oxygen atoms in total. The van der Waals surface area contributed by atoms with Crippen LogP contribution in [0.25, 0.3) is 0 Å². The van der Waals surface area contributed by atoms with E-state index in [0.717, 1.165) is 17.1 Å². The second-order valence-electron chi connectivity index (χ2n) is 6.99. The fraction of sp³-hybridized carbons (Fsp3) is 0.391. The van der Waals surface area contributed by atoms with E-state index in [1.165, 1.54) is 11.0 Å². The zero-order valence-corrected chi connectivity index (χ0v) is 18.9. The molecule has 0 fully saturated rings. The van der Waals surface area contributed by atoms with E-state index in [9.17, 15) is 14.0 Å². The maximum absolute atomic E-state index is 14.2. The molecule has 0 unspecified atom stereocenters. The smallest absolute Gasteiger partial charge is 0.242 e. The van der Waals surface area contributed by atoms with Crippen LogP contribution in [0.3, 0.4) is 0 Å². The van der Waals surface area contributed by atoms with Crippen molar-refractivity contribution in [3.8, 4) is 0 Å². The van der Waals surface area contributed by atoms with Crippen LogP contribution in [0.15, 0.2) is 53.4 Å². The van der Waals surface area contributed by atoms with Crippen molar-refractivity contribution in [1.82, 2.24) is 10.2 Å². The van der Waals surface area contributed by atoms with Gasteiger partial charge in [0.2, 0.25) is 11.8 Å². The van der Waals surface area contributed by atoms with E-state index in [4.69, 9.17) is 11.6 Å². The van der Waals surface area contributed by atoms with Gasteiger partial charge in [0.25, 0.3) is 0 Å². The highest BCUT2D eigenvalue weighted by Crippen LogP contribution is 2.22. The third kappa shape index (κ3) is 7.65. The number of hydrogen-bond donors (Lipinski definition) is 1. The average molecular weight is 451 g/mol. The first-order chi connectivity index (χ1) is 14.4. The Morgan fingerprint density at radius 1 is 1.17 bits per heavy atom. The van der Waals surface area contributed by atoms with Crippen molar-refractivity contribution in [3.05, 3.63) is 64.9 Å². The van der Waals surface area contributed by atoms with Gasteiger partial charge in [0.05, 0.1) is 0 Å².